The van der Waals surface area contributed by atoms with Gasteiger partial charge < -0.3 is 19.2 Å². The molecular formula is C23H21N3O4. The number of carbonyl (C=O) groups excluding carboxylic acids is 1. The van der Waals surface area contributed by atoms with Gasteiger partial charge in [0.2, 0.25) is 5.89 Å². The molecule has 0 fully saturated rings. The Labute approximate surface area is 173 Å². The van der Waals surface area contributed by atoms with Crippen LogP contribution in [0, 0.1) is 13.8 Å². The Morgan fingerprint density at radius 2 is 1.90 bits per heavy atom. The predicted molar refractivity (Wildman–Crippen MR) is 114 cm³/mol. The molecular weight excluding hydrogens is 382 g/mol. The predicted octanol–water partition coefficient (Wildman–Crippen LogP) is 4.53. The molecule has 1 N–H and O–H groups in total. The maximum atomic E-state index is 12.5. The van der Waals surface area contributed by atoms with Crippen molar-refractivity contribution in [2.45, 2.75) is 13.8 Å². The zero-order valence-electron chi connectivity index (χ0n) is 16.9. The van der Waals surface area contributed by atoms with Gasteiger partial charge in [-0.1, -0.05) is 6.07 Å². The summed E-state index contributed by atoms with van der Waals surface area (Å²) in [5, 5.41) is 2.83. The molecule has 0 unspecified atom stereocenters. The second kappa shape index (κ2) is 8.24. The van der Waals surface area contributed by atoms with E-state index in [-0.39, 0.29) is 12.5 Å². The molecule has 7 nitrogen and oxygen atoms in total. The third kappa shape index (κ3) is 4.25. The van der Waals surface area contributed by atoms with Crippen molar-refractivity contribution >= 4 is 22.8 Å². The SMILES string of the molecule is COc1ccc(-c2nc3ncccc3o2)cc1NC(=O)COc1cc(C)cc(C)c1. The van der Waals surface area contributed by atoms with Crippen molar-refractivity contribution in [1.82, 2.24) is 9.97 Å². The summed E-state index contributed by atoms with van der Waals surface area (Å²) in [7, 11) is 1.54. The van der Waals surface area contributed by atoms with E-state index in [9.17, 15) is 4.79 Å². The Bertz CT molecular complexity index is 1160. The number of oxazole rings is 1. The van der Waals surface area contributed by atoms with Gasteiger partial charge in [-0.3, -0.25) is 4.79 Å². The van der Waals surface area contributed by atoms with Gasteiger partial charge in [-0.2, -0.15) is 4.98 Å². The topological polar surface area (TPSA) is 86.5 Å². The van der Waals surface area contributed by atoms with Crippen LogP contribution in [-0.2, 0) is 4.79 Å². The van der Waals surface area contributed by atoms with Crippen LogP contribution in [0.3, 0.4) is 0 Å². The number of aromatic nitrogens is 2. The molecule has 0 spiro atoms. The Balaban J connectivity index is 1.52. The van der Waals surface area contributed by atoms with Crippen LogP contribution < -0.4 is 14.8 Å². The highest BCUT2D eigenvalue weighted by atomic mass is 16.5. The molecule has 152 valence electrons. The van der Waals surface area contributed by atoms with Gasteiger partial charge in [0.05, 0.1) is 12.8 Å². The first-order valence-corrected chi connectivity index (χ1v) is 9.43. The van der Waals surface area contributed by atoms with Crippen LogP contribution in [0.1, 0.15) is 11.1 Å². The third-order valence-electron chi connectivity index (χ3n) is 4.45. The average Bonchev–Trinajstić information content (AvgIpc) is 3.16. The molecule has 0 aliphatic rings. The number of pyridine rings is 1. The number of carbonyl (C=O) groups is 1. The van der Waals surface area contributed by atoms with E-state index in [1.54, 1.807) is 37.6 Å². The largest absolute Gasteiger partial charge is 0.495 e. The summed E-state index contributed by atoms with van der Waals surface area (Å²) >= 11 is 0. The molecule has 4 aromatic rings. The number of nitrogens with zero attached hydrogens (tertiary/aromatic N) is 2. The van der Waals surface area contributed by atoms with Crippen LogP contribution in [-0.4, -0.2) is 29.6 Å². The number of fused-ring (bicyclic) bond motifs is 1. The van der Waals surface area contributed by atoms with Crippen molar-refractivity contribution < 1.29 is 18.7 Å². The molecule has 1 amide bonds. The van der Waals surface area contributed by atoms with Crippen molar-refractivity contribution in [3.05, 3.63) is 65.9 Å². The molecule has 7 heteroatoms. The Kier molecular flexibility index (Phi) is 5.34. The van der Waals surface area contributed by atoms with E-state index in [0.717, 1.165) is 11.1 Å². The van der Waals surface area contributed by atoms with Gasteiger partial charge in [0, 0.05) is 11.8 Å². The lowest BCUT2D eigenvalue weighted by Gasteiger charge is -2.12. The summed E-state index contributed by atoms with van der Waals surface area (Å²) in [5.74, 6) is 1.28. The van der Waals surface area contributed by atoms with Crippen molar-refractivity contribution in [1.29, 1.82) is 0 Å². The van der Waals surface area contributed by atoms with Crippen LogP contribution in [0.25, 0.3) is 22.7 Å². The van der Waals surface area contributed by atoms with E-state index >= 15 is 0 Å². The van der Waals surface area contributed by atoms with Crippen LogP contribution in [0.15, 0.2) is 59.1 Å². The number of amides is 1. The number of ether oxygens (including phenoxy) is 2. The molecule has 2 heterocycles. The fraction of sp³-hybridized carbons (Fsp3) is 0.174. The molecule has 0 aliphatic carbocycles. The van der Waals surface area contributed by atoms with Crippen LogP contribution in [0.2, 0.25) is 0 Å². The summed E-state index contributed by atoms with van der Waals surface area (Å²) in [6, 6.07) is 14.7. The molecule has 30 heavy (non-hydrogen) atoms. The number of methoxy groups -OCH3 is 1. The minimum Gasteiger partial charge on any atom is -0.495 e. The first-order valence-electron chi connectivity index (χ1n) is 9.43. The maximum absolute atomic E-state index is 12.5. The van der Waals surface area contributed by atoms with Crippen molar-refractivity contribution in [2.24, 2.45) is 0 Å². The van der Waals surface area contributed by atoms with Gasteiger partial charge in [-0.25, -0.2) is 4.98 Å². The third-order valence-corrected chi connectivity index (χ3v) is 4.45. The number of anilines is 1. The van der Waals surface area contributed by atoms with E-state index in [1.165, 1.54) is 0 Å². The fourth-order valence-corrected chi connectivity index (χ4v) is 3.18. The van der Waals surface area contributed by atoms with Crippen LogP contribution >= 0.6 is 0 Å². The van der Waals surface area contributed by atoms with E-state index in [0.29, 0.717) is 39.9 Å². The number of benzene rings is 2. The summed E-state index contributed by atoms with van der Waals surface area (Å²) in [5.41, 5.74) is 4.46. The number of rotatable bonds is 6. The lowest BCUT2D eigenvalue weighted by molar-refractivity contribution is -0.118. The van der Waals surface area contributed by atoms with Gasteiger partial charge in [-0.05, 0) is 67.4 Å². The maximum Gasteiger partial charge on any atom is 0.262 e. The molecule has 0 saturated carbocycles. The molecule has 0 bridgehead atoms. The molecule has 2 aromatic carbocycles. The minimum atomic E-state index is -0.302. The van der Waals surface area contributed by atoms with Gasteiger partial charge >= 0.3 is 0 Å². The zero-order chi connectivity index (χ0) is 21.1. The molecule has 0 radical (unpaired) electrons. The highest BCUT2D eigenvalue weighted by Crippen LogP contribution is 2.31. The number of aryl methyl sites for hydroxylation is 2. The van der Waals surface area contributed by atoms with Gasteiger partial charge in [-0.15, -0.1) is 0 Å². The second-order valence-electron chi connectivity index (χ2n) is 6.92. The van der Waals surface area contributed by atoms with Crippen molar-refractivity contribution in [3.63, 3.8) is 0 Å². The Morgan fingerprint density at radius 1 is 1.10 bits per heavy atom. The minimum absolute atomic E-state index is 0.122. The first-order chi connectivity index (χ1) is 14.5. The molecule has 0 saturated heterocycles. The summed E-state index contributed by atoms with van der Waals surface area (Å²) < 4.78 is 16.8. The van der Waals surface area contributed by atoms with Crippen LogP contribution in [0.5, 0.6) is 11.5 Å². The standard InChI is InChI=1S/C23H21N3O4/c1-14-9-15(2)11-17(10-14)29-13-21(27)25-18-12-16(6-7-19(18)28-3)23-26-22-20(30-23)5-4-8-24-22/h4-12H,13H2,1-3H3,(H,25,27). The summed E-state index contributed by atoms with van der Waals surface area (Å²) in [4.78, 5) is 21.0. The normalized spacial score (nSPS) is 10.8. The van der Waals surface area contributed by atoms with E-state index in [4.69, 9.17) is 13.9 Å². The van der Waals surface area contributed by atoms with E-state index < -0.39 is 0 Å². The molecule has 0 atom stereocenters. The highest BCUT2D eigenvalue weighted by Gasteiger charge is 2.14. The summed E-state index contributed by atoms with van der Waals surface area (Å²) in [6.07, 6.45) is 1.66. The quantitative estimate of drug-likeness (QED) is 0.509. The summed E-state index contributed by atoms with van der Waals surface area (Å²) in [6.45, 7) is 3.85. The number of hydrogen-bond acceptors (Lipinski definition) is 6. The van der Waals surface area contributed by atoms with E-state index in [1.807, 2.05) is 38.1 Å². The fourth-order valence-electron chi connectivity index (χ4n) is 3.18. The Morgan fingerprint density at radius 3 is 2.63 bits per heavy atom. The van der Waals surface area contributed by atoms with Crippen LogP contribution in [0.4, 0.5) is 5.69 Å². The number of hydrogen-bond donors (Lipinski definition) is 1. The van der Waals surface area contributed by atoms with E-state index in [2.05, 4.69) is 15.3 Å². The molecule has 2 aromatic heterocycles. The van der Waals surface area contributed by atoms with Gasteiger partial charge in [0.15, 0.2) is 17.8 Å². The lowest BCUT2D eigenvalue weighted by atomic mass is 10.1. The number of nitrogens with one attached hydrogen (secondary N) is 1. The zero-order valence-corrected chi connectivity index (χ0v) is 16.9. The smallest absolute Gasteiger partial charge is 0.262 e. The van der Waals surface area contributed by atoms with Crippen molar-refractivity contribution in [2.75, 3.05) is 19.0 Å². The highest BCUT2D eigenvalue weighted by molar-refractivity contribution is 5.94. The molecule has 4 rings (SSSR count). The van der Waals surface area contributed by atoms with Gasteiger partial charge in [0.1, 0.15) is 11.5 Å². The van der Waals surface area contributed by atoms with Gasteiger partial charge in [0.25, 0.3) is 5.91 Å². The second-order valence-corrected chi connectivity index (χ2v) is 6.92. The van der Waals surface area contributed by atoms with Crippen molar-refractivity contribution in [3.8, 4) is 23.0 Å². The Hall–Kier alpha value is -3.87. The molecule has 0 aliphatic heterocycles. The average molecular weight is 403 g/mol. The lowest BCUT2D eigenvalue weighted by Crippen LogP contribution is -2.20. The first kappa shape index (κ1) is 19.4. The monoisotopic (exact) mass is 403 g/mol.